The van der Waals surface area contributed by atoms with Gasteiger partial charge in [-0.15, -0.1) is 0 Å². The van der Waals surface area contributed by atoms with Crippen molar-refractivity contribution < 1.29 is 9.90 Å². The summed E-state index contributed by atoms with van der Waals surface area (Å²) in [5.74, 6) is 1.12. The van der Waals surface area contributed by atoms with Crippen molar-refractivity contribution in [3.05, 3.63) is 72.9 Å². The monoisotopic (exact) mass is 400 g/mol. The van der Waals surface area contributed by atoms with Gasteiger partial charge in [0.15, 0.2) is 11.5 Å². The van der Waals surface area contributed by atoms with Crippen molar-refractivity contribution in [2.45, 2.75) is 6.92 Å². The number of phenols is 1. The lowest BCUT2D eigenvalue weighted by atomic mass is 10.2. The molecule has 0 unspecified atom stereocenters. The minimum atomic E-state index is -0.330. The molecule has 0 aliphatic rings. The summed E-state index contributed by atoms with van der Waals surface area (Å²) < 4.78 is 0. The van der Waals surface area contributed by atoms with Gasteiger partial charge < -0.3 is 10.4 Å². The van der Waals surface area contributed by atoms with Crippen molar-refractivity contribution in [2.75, 3.05) is 16.8 Å². The SMILES string of the molecule is CCNC(=O)Nc1ccc2ncc(N(c3ccccc3)c3ccc(O)cc3)nc2n1. The number of benzene rings is 2. The minimum absolute atomic E-state index is 0.180. The van der Waals surface area contributed by atoms with E-state index in [1.807, 2.05) is 42.2 Å². The van der Waals surface area contributed by atoms with Crippen LogP contribution in [-0.2, 0) is 0 Å². The third-order valence-corrected chi connectivity index (χ3v) is 4.32. The molecule has 8 heteroatoms. The van der Waals surface area contributed by atoms with Crippen molar-refractivity contribution in [2.24, 2.45) is 0 Å². The molecule has 0 spiro atoms. The van der Waals surface area contributed by atoms with Gasteiger partial charge in [0.25, 0.3) is 0 Å². The average molecular weight is 400 g/mol. The molecule has 0 fully saturated rings. The highest BCUT2D eigenvalue weighted by atomic mass is 16.3. The van der Waals surface area contributed by atoms with Crippen LogP contribution < -0.4 is 15.5 Å². The Morgan fingerprint density at radius 2 is 1.70 bits per heavy atom. The summed E-state index contributed by atoms with van der Waals surface area (Å²) >= 11 is 0. The van der Waals surface area contributed by atoms with E-state index in [0.717, 1.165) is 11.4 Å². The van der Waals surface area contributed by atoms with Gasteiger partial charge in [0, 0.05) is 17.9 Å². The molecule has 4 rings (SSSR count). The minimum Gasteiger partial charge on any atom is -0.508 e. The number of rotatable bonds is 5. The van der Waals surface area contributed by atoms with Gasteiger partial charge in [-0.25, -0.2) is 19.7 Å². The highest BCUT2D eigenvalue weighted by molar-refractivity contribution is 5.89. The Kier molecular flexibility index (Phi) is 5.38. The summed E-state index contributed by atoms with van der Waals surface area (Å²) in [6.45, 7) is 2.36. The van der Waals surface area contributed by atoms with E-state index >= 15 is 0 Å². The van der Waals surface area contributed by atoms with Crippen LogP contribution in [0.3, 0.4) is 0 Å². The third-order valence-electron chi connectivity index (χ3n) is 4.32. The number of aromatic hydroxyl groups is 1. The molecule has 3 N–H and O–H groups in total. The summed E-state index contributed by atoms with van der Waals surface area (Å²) in [5, 5.41) is 15.0. The van der Waals surface area contributed by atoms with E-state index in [1.54, 1.807) is 42.6 Å². The molecule has 150 valence electrons. The molecule has 0 aliphatic carbocycles. The number of anilines is 4. The molecule has 0 radical (unpaired) electrons. The lowest BCUT2D eigenvalue weighted by Crippen LogP contribution is -2.28. The maximum atomic E-state index is 11.8. The Labute approximate surface area is 173 Å². The molecule has 0 saturated carbocycles. The smallest absolute Gasteiger partial charge is 0.320 e. The zero-order valence-corrected chi connectivity index (χ0v) is 16.3. The quantitative estimate of drug-likeness (QED) is 0.460. The average Bonchev–Trinajstić information content (AvgIpc) is 2.76. The van der Waals surface area contributed by atoms with Gasteiger partial charge in [-0.1, -0.05) is 18.2 Å². The van der Waals surface area contributed by atoms with Crippen LogP contribution in [0.1, 0.15) is 6.92 Å². The van der Waals surface area contributed by atoms with E-state index in [-0.39, 0.29) is 11.8 Å². The van der Waals surface area contributed by atoms with Crippen molar-refractivity contribution in [1.29, 1.82) is 0 Å². The number of nitrogens with zero attached hydrogens (tertiary/aromatic N) is 4. The fourth-order valence-electron chi connectivity index (χ4n) is 2.98. The molecule has 4 aromatic rings. The van der Waals surface area contributed by atoms with Gasteiger partial charge in [-0.05, 0) is 55.5 Å². The molecule has 2 amide bonds. The Morgan fingerprint density at radius 1 is 0.967 bits per heavy atom. The summed E-state index contributed by atoms with van der Waals surface area (Å²) in [5.41, 5.74) is 2.71. The number of hydrogen-bond donors (Lipinski definition) is 3. The number of pyridine rings is 1. The number of urea groups is 1. The first kappa shape index (κ1) is 19.1. The molecule has 30 heavy (non-hydrogen) atoms. The molecule has 0 aliphatic heterocycles. The molecule has 2 aromatic heterocycles. The van der Waals surface area contributed by atoms with E-state index in [2.05, 4.69) is 25.6 Å². The molecule has 2 aromatic carbocycles. The van der Waals surface area contributed by atoms with Gasteiger partial charge in [0.05, 0.1) is 6.20 Å². The van der Waals surface area contributed by atoms with Crippen LogP contribution in [0.15, 0.2) is 72.9 Å². The van der Waals surface area contributed by atoms with E-state index < -0.39 is 0 Å². The first-order chi connectivity index (χ1) is 14.6. The number of nitrogens with one attached hydrogen (secondary N) is 2. The molecule has 0 saturated heterocycles. The lowest BCUT2D eigenvalue weighted by molar-refractivity contribution is 0.252. The molecular weight excluding hydrogens is 380 g/mol. The van der Waals surface area contributed by atoms with Crippen molar-refractivity contribution in [1.82, 2.24) is 20.3 Å². The Morgan fingerprint density at radius 3 is 2.43 bits per heavy atom. The highest BCUT2D eigenvalue weighted by Crippen LogP contribution is 2.34. The largest absolute Gasteiger partial charge is 0.508 e. The van der Waals surface area contributed by atoms with Crippen molar-refractivity contribution in [3.8, 4) is 5.75 Å². The summed E-state index contributed by atoms with van der Waals surface area (Å²) in [6, 6.07) is 19.7. The fourth-order valence-corrected chi connectivity index (χ4v) is 2.98. The Bertz CT molecular complexity index is 1170. The zero-order chi connectivity index (χ0) is 20.9. The number of para-hydroxylation sites is 1. The van der Waals surface area contributed by atoms with Crippen molar-refractivity contribution in [3.63, 3.8) is 0 Å². The summed E-state index contributed by atoms with van der Waals surface area (Å²) in [7, 11) is 0. The lowest BCUT2D eigenvalue weighted by Gasteiger charge is -2.24. The van der Waals surface area contributed by atoms with Crippen LogP contribution in [0.5, 0.6) is 5.75 Å². The van der Waals surface area contributed by atoms with Gasteiger partial charge in [-0.2, -0.15) is 0 Å². The Hall–Kier alpha value is -4.20. The van der Waals surface area contributed by atoms with Gasteiger partial charge >= 0.3 is 6.03 Å². The van der Waals surface area contributed by atoms with Gasteiger partial charge in [0.2, 0.25) is 0 Å². The second-order valence-corrected chi connectivity index (χ2v) is 6.44. The van der Waals surface area contributed by atoms with E-state index in [0.29, 0.717) is 29.3 Å². The summed E-state index contributed by atoms with van der Waals surface area (Å²) in [4.78, 5) is 27.3. The van der Waals surface area contributed by atoms with Crippen LogP contribution in [0.4, 0.5) is 27.8 Å². The fraction of sp³-hybridized carbons (Fsp3) is 0.0909. The Balaban J connectivity index is 1.77. The number of fused-ring (bicyclic) bond motifs is 1. The number of phenolic OH excluding ortho intramolecular Hbond substituents is 1. The van der Waals surface area contributed by atoms with Gasteiger partial charge in [-0.3, -0.25) is 10.2 Å². The van der Waals surface area contributed by atoms with Crippen molar-refractivity contribution >= 4 is 40.2 Å². The molecule has 2 heterocycles. The van der Waals surface area contributed by atoms with E-state index in [4.69, 9.17) is 0 Å². The van der Waals surface area contributed by atoms with Crippen LogP contribution in [0.2, 0.25) is 0 Å². The standard InChI is InChI=1S/C22H20N6O2/c1-2-23-22(30)26-19-13-12-18-21(25-19)27-20(14-24-18)28(15-6-4-3-5-7-15)16-8-10-17(29)11-9-16/h3-14,29H,2H2,1H3,(H2,23,25,26,27,30). The molecule has 8 nitrogen and oxygen atoms in total. The predicted molar refractivity (Wildman–Crippen MR) is 116 cm³/mol. The molecule has 0 bridgehead atoms. The van der Waals surface area contributed by atoms with Crippen LogP contribution in [0.25, 0.3) is 11.2 Å². The van der Waals surface area contributed by atoms with E-state index in [1.165, 1.54) is 0 Å². The first-order valence-corrected chi connectivity index (χ1v) is 9.47. The molecular formula is C22H20N6O2. The van der Waals surface area contributed by atoms with Crippen LogP contribution in [-0.4, -0.2) is 32.6 Å². The first-order valence-electron chi connectivity index (χ1n) is 9.47. The molecule has 0 atom stereocenters. The normalized spacial score (nSPS) is 10.6. The number of carbonyl (C=O) groups is 1. The van der Waals surface area contributed by atoms with E-state index in [9.17, 15) is 9.90 Å². The second-order valence-electron chi connectivity index (χ2n) is 6.44. The van der Waals surface area contributed by atoms with Crippen LogP contribution in [0, 0.1) is 0 Å². The predicted octanol–water partition coefficient (Wildman–Crippen LogP) is 4.34. The summed E-state index contributed by atoms with van der Waals surface area (Å²) in [6.07, 6.45) is 1.67. The maximum Gasteiger partial charge on any atom is 0.320 e. The maximum absolute atomic E-state index is 11.8. The second kappa shape index (κ2) is 8.44. The number of carbonyl (C=O) groups excluding carboxylic acids is 1. The highest BCUT2D eigenvalue weighted by Gasteiger charge is 2.15. The van der Waals surface area contributed by atoms with Crippen LogP contribution >= 0.6 is 0 Å². The van der Waals surface area contributed by atoms with Gasteiger partial charge in [0.1, 0.15) is 17.1 Å². The number of amides is 2. The topological polar surface area (TPSA) is 103 Å². The zero-order valence-electron chi connectivity index (χ0n) is 16.3. The number of hydrogen-bond acceptors (Lipinski definition) is 6. The third kappa shape index (κ3) is 4.12. The number of aromatic nitrogens is 3.